The van der Waals surface area contributed by atoms with Gasteiger partial charge in [-0.05, 0) is 11.5 Å². The van der Waals surface area contributed by atoms with Crippen molar-refractivity contribution in [2.24, 2.45) is 5.41 Å². The molecule has 0 atom stereocenters. The summed E-state index contributed by atoms with van der Waals surface area (Å²) in [6.07, 6.45) is 2.66. The lowest BCUT2D eigenvalue weighted by molar-refractivity contribution is 0.182. The molecule has 0 saturated heterocycles. The van der Waals surface area contributed by atoms with Crippen LogP contribution >= 0.6 is 15.9 Å². The Kier molecular flexibility index (Phi) is 4.20. The van der Waals surface area contributed by atoms with Gasteiger partial charge in [0.2, 0.25) is 0 Å². The van der Waals surface area contributed by atoms with Crippen molar-refractivity contribution in [1.29, 1.82) is 0 Å². The van der Waals surface area contributed by atoms with Crippen LogP contribution in [0.25, 0.3) is 0 Å². The second-order valence-electron chi connectivity index (χ2n) is 4.28. The van der Waals surface area contributed by atoms with E-state index in [1.165, 1.54) is 0 Å². The molecule has 0 N–H and O–H groups in total. The summed E-state index contributed by atoms with van der Waals surface area (Å²) >= 11 is 3.51. The average Bonchev–Trinajstić information content (AvgIpc) is 2.53. The lowest BCUT2D eigenvalue weighted by Crippen LogP contribution is -2.17. The average molecular weight is 261 g/mol. The molecular formula is C11H17BrO2. The highest BCUT2D eigenvalue weighted by molar-refractivity contribution is 9.09. The van der Waals surface area contributed by atoms with E-state index in [-0.39, 0.29) is 5.41 Å². The van der Waals surface area contributed by atoms with Gasteiger partial charge in [-0.3, -0.25) is 0 Å². The maximum absolute atomic E-state index is 5.45. The van der Waals surface area contributed by atoms with Crippen molar-refractivity contribution < 1.29 is 9.15 Å². The van der Waals surface area contributed by atoms with Crippen LogP contribution < -0.4 is 0 Å². The van der Waals surface area contributed by atoms with Gasteiger partial charge in [-0.1, -0.05) is 29.8 Å². The molecule has 14 heavy (non-hydrogen) atoms. The minimum absolute atomic E-state index is 0.223. The molecule has 0 aromatic carbocycles. The first-order valence-corrected chi connectivity index (χ1v) is 5.81. The lowest BCUT2D eigenvalue weighted by Gasteiger charge is -2.20. The molecule has 0 fully saturated rings. The fraction of sp³-hybridized carbons (Fsp3) is 0.636. The largest absolute Gasteiger partial charge is 0.469 e. The molecule has 0 aliphatic carbocycles. The zero-order valence-corrected chi connectivity index (χ0v) is 10.6. The Hall–Kier alpha value is -0.280. The second-order valence-corrected chi connectivity index (χ2v) is 4.84. The van der Waals surface area contributed by atoms with Crippen molar-refractivity contribution in [3.63, 3.8) is 0 Å². The van der Waals surface area contributed by atoms with Gasteiger partial charge in [0.15, 0.2) is 0 Å². The summed E-state index contributed by atoms with van der Waals surface area (Å²) in [6, 6.07) is 1.98. The van der Waals surface area contributed by atoms with E-state index >= 15 is 0 Å². The molecule has 1 rings (SSSR count). The summed E-state index contributed by atoms with van der Waals surface area (Å²) in [5.41, 5.74) is 1.38. The van der Waals surface area contributed by atoms with Crippen LogP contribution in [0, 0.1) is 5.41 Å². The van der Waals surface area contributed by atoms with Crippen LogP contribution in [0.4, 0.5) is 0 Å². The fourth-order valence-corrected chi connectivity index (χ4v) is 1.49. The van der Waals surface area contributed by atoms with Crippen molar-refractivity contribution in [2.75, 3.05) is 12.4 Å². The number of rotatable bonds is 5. The van der Waals surface area contributed by atoms with E-state index in [1.807, 2.05) is 6.07 Å². The van der Waals surface area contributed by atoms with Gasteiger partial charge in [-0.25, -0.2) is 0 Å². The molecule has 0 radical (unpaired) electrons. The van der Waals surface area contributed by atoms with Crippen molar-refractivity contribution in [3.05, 3.63) is 23.7 Å². The third kappa shape index (κ3) is 3.14. The summed E-state index contributed by atoms with van der Waals surface area (Å²) in [7, 11) is 1.70. The van der Waals surface area contributed by atoms with Crippen molar-refractivity contribution in [3.8, 4) is 0 Å². The molecule has 0 unspecified atom stereocenters. The Morgan fingerprint density at radius 2 is 2.21 bits per heavy atom. The Morgan fingerprint density at radius 3 is 2.79 bits per heavy atom. The Bertz CT molecular complexity index is 279. The van der Waals surface area contributed by atoms with Crippen LogP contribution in [0.3, 0.4) is 0 Å². The third-order valence-corrected chi connectivity index (χ3v) is 3.66. The van der Waals surface area contributed by atoms with Crippen molar-refractivity contribution in [2.45, 2.75) is 26.9 Å². The molecule has 0 bridgehead atoms. The Morgan fingerprint density at radius 1 is 1.50 bits per heavy atom. The first-order valence-electron chi connectivity index (χ1n) is 4.69. The molecule has 0 aliphatic heterocycles. The number of alkyl halides is 1. The molecule has 2 nitrogen and oxygen atoms in total. The summed E-state index contributed by atoms with van der Waals surface area (Å²) in [5.74, 6) is 1.04. The Balaban J connectivity index is 2.70. The van der Waals surface area contributed by atoms with E-state index < -0.39 is 0 Å². The van der Waals surface area contributed by atoms with Crippen molar-refractivity contribution in [1.82, 2.24) is 0 Å². The van der Waals surface area contributed by atoms with E-state index in [2.05, 4.69) is 29.8 Å². The predicted octanol–water partition coefficient (Wildman–Crippen LogP) is 3.39. The van der Waals surface area contributed by atoms with Crippen LogP contribution in [0.5, 0.6) is 0 Å². The van der Waals surface area contributed by atoms with E-state index in [9.17, 15) is 0 Å². The van der Waals surface area contributed by atoms with Gasteiger partial charge in [0.05, 0.1) is 12.9 Å². The number of hydrogen-bond acceptors (Lipinski definition) is 2. The van der Waals surface area contributed by atoms with Gasteiger partial charge < -0.3 is 9.15 Å². The topological polar surface area (TPSA) is 22.4 Å². The minimum Gasteiger partial charge on any atom is -0.469 e. The van der Waals surface area contributed by atoms with Crippen molar-refractivity contribution >= 4 is 15.9 Å². The normalized spacial score (nSPS) is 12.0. The highest BCUT2D eigenvalue weighted by Crippen LogP contribution is 2.26. The summed E-state index contributed by atoms with van der Waals surface area (Å²) in [5, 5.41) is 0.965. The van der Waals surface area contributed by atoms with E-state index in [1.54, 1.807) is 13.4 Å². The van der Waals surface area contributed by atoms with E-state index in [0.717, 1.165) is 23.1 Å². The van der Waals surface area contributed by atoms with E-state index in [0.29, 0.717) is 6.61 Å². The molecule has 80 valence electrons. The molecule has 0 aliphatic rings. The number of methoxy groups -OCH3 is 1. The van der Waals surface area contributed by atoms with E-state index in [4.69, 9.17) is 9.15 Å². The smallest absolute Gasteiger partial charge is 0.109 e. The van der Waals surface area contributed by atoms with Crippen LogP contribution in [0.15, 0.2) is 16.7 Å². The molecular weight excluding hydrogens is 244 g/mol. The number of furan rings is 1. The second kappa shape index (κ2) is 4.99. The van der Waals surface area contributed by atoms with Gasteiger partial charge in [0.1, 0.15) is 5.76 Å². The zero-order chi connectivity index (χ0) is 10.6. The molecule has 0 amide bonds. The van der Waals surface area contributed by atoms with Crippen LogP contribution in [-0.2, 0) is 17.8 Å². The molecule has 1 heterocycles. The van der Waals surface area contributed by atoms with Gasteiger partial charge in [0.25, 0.3) is 0 Å². The zero-order valence-electron chi connectivity index (χ0n) is 8.97. The third-order valence-electron chi connectivity index (χ3n) is 2.14. The van der Waals surface area contributed by atoms with Gasteiger partial charge in [-0.15, -0.1) is 0 Å². The quantitative estimate of drug-likeness (QED) is 0.758. The lowest BCUT2D eigenvalue weighted by atomic mass is 9.90. The Labute approximate surface area is 93.8 Å². The van der Waals surface area contributed by atoms with Crippen LogP contribution in [0.1, 0.15) is 25.2 Å². The van der Waals surface area contributed by atoms with Gasteiger partial charge in [0, 0.05) is 24.4 Å². The minimum atomic E-state index is 0.223. The number of hydrogen-bond donors (Lipinski definition) is 0. The molecule has 1 aromatic heterocycles. The first kappa shape index (κ1) is 11.8. The highest BCUT2D eigenvalue weighted by atomic mass is 79.9. The highest BCUT2D eigenvalue weighted by Gasteiger charge is 2.20. The molecule has 0 saturated carbocycles. The maximum atomic E-state index is 5.45. The predicted molar refractivity (Wildman–Crippen MR) is 60.7 cm³/mol. The maximum Gasteiger partial charge on any atom is 0.109 e. The molecule has 1 aromatic rings. The SMILES string of the molecule is COCc1ccoc1CC(C)(C)CBr. The van der Waals surface area contributed by atoms with Gasteiger partial charge >= 0.3 is 0 Å². The summed E-state index contributed by atoms with van der Waals surface area (Å²) in [4.78, 5) is 0. The van der Waals surface area contributed by atoms with Crippen LogP contribution in [-0.4, -0.2) is 12.4 Å². The molecule has 0 spiro atoms. The standard InChI is InChI=1S/C11H17BrO2/c1-11(2,8-12)6-10-9(7-13-3)4-5-14-10/h4-5H,6-8H2,1-3H3. The number of ether oxygens (including phenoxy) is 1. The number of halogens is 1. The summed E-state index contributed by atoms with van der Waals surface area (Å²) < 4.78 is 10.6. The monoisotopic (exact) mass is 260 g/mol. The fourth-order valence-electron chi connectivity index (χ4n) is 1.29. The first-order chi connectivity index (χ1) is 6.59. The van der Waals surface area contributed by atoms with Gasteiger partial charge in [-0.2, -0.15) is 0 Å². The molecule has 3 heteroatoms. The summed E-state index contributed by atoms with van der Waals surface area (Å²) in [6.45, 7) is 5.05. The van der Waals surface area contributed by atoms with Crippen LogP contribution in [0.2, 0.25) is 0 Å².